The maximum Gasteiger partial charge on any atom is 0.261 e. The zero-order chi connectivity index (χ0) is 21.5. The van der Waals surface area contributed by atoms with E-state index in [9.17, 15) is 4.79 Å². The first-order valence-electron chi connectivity index (χ1n) is 11.3. The van der Waals surface area contributed by atoms with Crippen molar-refractivity contribution in [2.45, 2.75) is 72.1 Å². The van der Waals surface area contributed by atoms with Crippen molar-refractivity contribution < 1.29 is 9.53 Å². The molecule has 30 heavy (non-hydrogen) atoms. The van der Waals surface area contributed by atoms with Gasteiger partial charge in [0.2, 0.25) is 0 Å². The molecule has 1 fully saturated rings. The molecular formula is C26H36N2O2. The summed E-state index contributed by atoms with van der Waals surface area (Å²) in [5.41, 5.74) is 4.75. The first-order chi connectivity index (χ1) is 14.4. The van der Waals surface area contributed by atoms with E-state index in [0.717, 1.165) is 23.4 Å². The van der Waals surface area contributed by atoms with Crippen molar-refractivity contribution in [3.63, 3.8) is 0 Å². The fourth-order valence-corrected chi connectivity index (χ4v) is 4.03. The summed E-state index contributed by atoms with van der Waals surface area (Å²) < 4.78 is 6.07. The van der Waals surface area contributed by atoms with Crippen LogP contribution in [0.5, 0.6) is 5.75 Å². The van der Waals surface area contributed by atoms with Crippen LogP contribution in [0.4, 0.5) is 0 Å². The summed E-state index contributed by atoms with van der Waals surface area (Å²) in [4.78, 5) is 15.3. The molecule has 1 atom stereocenters. The number of nitrogens with zero attached hydrogens (tertiary/aromatic N) is 1. The van der Waals surface area contributed by atoms with Gasteiger partial charge >= 0.3 is 0 Å². The maximum absolute atomic E-state index is 12.7. The molecule has 0 radical (unpaired) electrons. The van der Waals surface area contributed by atoms with Gasteiger partial charge in [0.05, 0.1) is 0 Å². The van der Waals surface area contributed by atoms with Crippen molar-refractivity contribution in [2.24, 2.45) is 0 Å². The Labute approximate surface area is 181 Å². The lowest BCUT2D eigenvalue weighted by Gasteiger charge is -2.27. The summed E-state index contributed by atoms with van der Waals surface area (Å²) in [5.74, 6) is 1.06. The largest absolute Gasteiger partial charge is 0.481 e. The van der Waals surface area contributed by atoms with Crippen molar-refractivity contribution >= 4 is 5.91 Å². The van der Waals surface area contributed by atoms with Crippen molar-refractivity contribution in [1.82, 2.24) is 10.2 Å². The normalized spacial score (nSPS) is 15.8. The third-order valence-corrected chi connectivity index (χ3v) is 5.88. The molecule has 1 amide bonds. The Hall–Kier alpha value is -2.33. The van der Waals surface area contributed by atoms with E-state index in [-0.39, 0.29) is 5.91 Å². The monoisotopic (exact) mass is 408 g/mol. The van der Waals surface area contributed by atoms with Gasteiger partial charge in [-0.1, -0.05) is 56.7 Å². The van der Waals surface area contributed by atoms with Crippen LogP contribution in [0.3, 0.4) is 0 Å². The van der Waals surface area contributed by atoms with Gasteiger partial charge < -0.3 is 10.1 Å². The fraction of sp³-hybridized carbons (Fsp3) is 0.500. The van der Waals surface area contributed by atoms with Gasteiger partial charge in [-0.15, -0.1) is 0 Å². The molecular weight excluding hydrogens is 372 g/mol. The van der Waals surface area contributed by atoms with Gasteiger partial charge in [0, 0.05) is 13.1 Å². The molecule has 0 bridgehead atoms. The van der Waals surface area contributed by atoms with Crippen LogP contribution in [0, 0.1) is 6.92 Å². The van der Waals surface area contributed by atoms with Gasteiger partial charge in [0.15, 0.2) is 6.10 Å². The number of piperidine rings is 1. The Morgan fingerprint density at radius 3 is 2.43 bits per heavy atom. The highest BCUT2D eigenvalue weighted by atomic mass is 16.5. The highest BCUT2D eigenvalue weighted by Crippen LogP contribution is 2.28. The number of amides is 1. The molecule has 1 saturated heterocycles. The van der Waals surface area contributed by atoms with Gasteiger partial charge in [0.25, 0.3) is 5.91 Å². The van der Waals surface area contributed by atoms with Gasteiger partial charge in [-0.2, -0.15) is 0 Å². The number of likely N-dealkylation sites (tertiary alicyclic amines) is 1. The summed E-state index contributed by atoms with van der Waals surface area (Å²) in [6.45, 7) is 12.0. The number of nitrogens with one attached hydrogen (secondary N) is 1. The van der Waals surface area contributed by atoms with Crippen LogP contribution >= 0.6 is 0 Å². The van der Waals surface area contributed by atoms with Crippen molar-refractivity contribution in [2.75, 3.05) is 13.1 Å². The molecule has 0 unspecified atom stereocenters. The van der Waals surface area contributed by atoms with Gasteiger partial charge in [-0.05, 0) is 74.0 Å². The Bertz CT molecular complexity index is 841. The minimum absolute atomic E-state index is 0.0843. The number of carbonyl (C=O) groups is 1. The summed E-state index contributed by atoms with van der Waals surface area (Å²) in [5, 5.41) is 3.08. The lowest BCUT2D eigenvalue weighted by molar-refractivity contribution is -0.127. The molecule has 4 heteroatoms. The average molecular weight is 409 g/mol. The molecule has 2 aromatic carbocycles. The number of hydrogen-bond donors (Lipinski definition) is 1. The van der Waals surface area contributed by atoms with Crippen LogP contribution in [-0.2, 0) is 17.9 Å². The van der Waals surface area contributed by atoms with Crippen LogP contribution < -0.4 is 10.1 Å². The molecule has 1 aliphatic rings. The van der Waals surface area contributed by atoms with Crippen LogP contribution in [-0.4, -0.2) is 30.0 Å². The van der Waals surface area contributed by atoms with Crippen molar-refractivity contribution in [3.8, 4) is 5.75 Å². The van der Waals surface area contributed by atoms with E-state index >= 15 is 0 Å². The second-order valence-electron chi connectivity index (χ2n) is 8.78. The highest BCUT2D eigenvalue weighted by molar-refractivity contribution is 5.80. The summed E-state index contributed by atoms with van der Waals surface area (Å²) in [7, 11) is 0. The van der Waals surface area contributed by atoms with Crippen LogP contribution in [0.25, 0.3) is 0 Å². The summed E-state index contributed by atoms with van der Waals surface area (Å²) >= 11 is 0. The van der Waals surface area contributed by atoms with Crippen molar-refractivity contribution in [1.29, 1.82) is 0 Å². The standard InChI is InChI=1S/C26H36N2O2/c1-19(2)24-13-12-20(3)16-25(24)30-21(4)26(29)27-17-22-10-6-7-11-23(22)18-28-14-8-5-9-15-28/h6-7,10-13,16,19,21H,5,8-9,14-15,17-18H2,1-4H3,(H,27,29)/t21-/m1/s1. The minimum Gasteiger partial charge on any atom is -0.481 e. The van der Waals surface area contributed by atoms with E-state index in [4.69, 9.17) is 4.74 Å². The van der Waals surface area contributed by atoms with Gasteiger partial charge in [-0.3, -0.25) is 9.69 Å². The summed E-state index contributed by atoms with van der Waals surface area (Å²) in [6, 6.07) is 14.6. The zero-order valence-corrected chi connectivity index (χ0v) is 18.9. The molecule has 0 saturated carbocycles. The van der Waals surface area contributed by atoms with E-state index < -0.39 is 6.10 Å². The van der Waals surface area contributed by atoms with E-state index in [0.29, 0.717) is 12.5 Å². The fourth-order valence-electron chi connectivity index (χ4n) is 4.03. The molecule has 2 aromatic rings. The first kappa shape index (κ1) is 22.4. The predicted octanol–water partition coefficient (Wildman–Crippen LogP) is 5.19. The molecule has 1 heterocycles. The van der Waals surface area contributed by atoms with Crippen molar-refractivity contribution in [3.05, 3.63) is 64.7 Å². The number of benzene rings is 2. The van der Waals surface area contributed by atoms with E-state index in [1.54, 1.807) is 0 Å². The Balaban J connectivity index is 1.60. The van der Waals surface area contributed by atoms with Crippen LogP contribution in [0.15, 0.2) is 42.5 Å². The topological polar surface area (TPSA) is 41.6 Å². The van der Waals surface area contributed by atoms with Crippen LogP contribution in [0.2, 0.25) is 0 Å². The SMILES string of the molecule is Cc1ccc(C(C)C)c(O[C@H](C)C(=O)NCc2ccccc2CN2CCCCC2)c1. The number of rotatable bonds is 8. The first-order valence-corrected chi connectivity index (χ1v) is 11.3. The van der Waals surface area contributed by atoms with E-state index in [1.165, 1.54) is 43.5 Å². The second kappa shape index (κ2) is 10.6. The number of carbonyl (C=O) groups excluding carboxylic acids is 1. The van der Waals surface area contributed by atoms with Gasteiger partial charge in [0.1, 0.15) is 5.75 Å². The molecule has 1 N–H and O–H groups in total. The minimum atomic E-state index is -0.543. The molecule has 0 aromatic heterocycles. The van der Waals surface area contributed by atoms with Crippen LogP contribution in [0.1, 0.15) is 68.2 Å². The third-order valence-electron chi connectivity index (χ3n) is 5.88. The third kappa shape index (κ3) is 6.09. The quantitative estimate of drug-likeness (QED) is 0.654. The lowest BCUT2D eigenvalue weighted by Crippen LogP contribution is -2.36. The molecule has 3 rings (SSSR count). The number of hydrogen-bond acceptors (Lipinski definition) is 3. The molecule has 0 aliphatic carbocycles. The molecule has 0 spiro atoms. The summed E-state index contributed by atoms with van der Waals surface area (Å²) in [6.07, 6.45) is 3.36. The Morgan fingerprint density at radius 1 is 1.03 bits per heavy atom. The second-order valence-corrected chi connectivity index (χ2v) is 8.78. The molecule has 4 nitrogen and oxygen atoms in total. The maximum atomic E-state index is 12.7. The predicted molar refractivity (Wildman–Crippen MR) is 123 cm³/mol. The highest BCUT2D eigenvalue weighted by Gasteiger charge is 2.18. The van der Waals surface area contributed by atoms with E-state index in [1.807, 2.05) is 26.0 Å². The lowest BCUT2D eigenvalue weighted by atomic mass is 10.0. The Morgan fingerprint density at radius 2 is 1.73 bits per heavy atom. The Kier molecular flexibility index (Phi) is 7.92. The molecule has 1 aliphatic heterocycles. The van der Waals surface area contributed by atoms with Gasteiger partial charge in [-0.25, -0.2) is 0 Å². The molecule has 162 valence electrons. The zero-order valence-electron chi connectivity index (χ0n) is 18.9. The van der Waals surface area contributed by atoms with E-state index in [2.05, 4.69) is 54.4 Å². The smallest absolute Gasteiger partial charge is 0.261 e. The number of ether oxygens (including phenoxy) is 1. The number of aryl methyl sites for hydroxylation is 1. The average Bonchev–Trinajstić information content (AvgIpc) is 2.73.